The lowest BCUT2D eigenvalue weighted by Gasteiger charge is -2.13. The third kappa shape index (κ3) is 4.94. The van der Waals surface area contributed by atoms with Crippen molar-refractivity contribution in [2.45, 2.75) is 52.1 Å². The quantitative estimate of drug-likeness (QED) is 0.863. The van der Waals surface area contributed by atoms with Crippen LogP contribution in [0.4, 0.5) is 0 Å². The van der Waals surface area contributed by atoms with Crippen LogP contribution in [0.1, 0.15) is 39.4 Å². The second-order valence-corrected chi connectivity index (χ2v) is 6.70. The van der Waals surface area contributed by atoms with E-state index >= 15 is 0 Å². The minimum absolute atomic E-state index is 0.439. The van der Waals surface area contributed by atoms with Crippen LogP contribution in [-0.4, -0.2) is 23.0 Å². The van der Waals surface area contributed by atoms with Crippen molar-refractivity contribution in [2.75, 3.05) is 5.75 Å². The summed E-state index contributed by atoms with van der Waals surface area (Å²) in [5.41, 5.74) is 0. The standard InChI is InChI=1S/C15H24N2OS/c1-11(2)9-13-10-19-15(17-13)16-12(3)6-7-14-5-4-8-18-14/h4-5,8,11-13H,6-7,9-10H2,1-3H3,(H,16,17). The lowest BCUT2D eigenvalue weighted by molar-refractivity contribution is 0.483. The molecule has 2 heterocycles. The maximum atomic E-state index is 5.35. The van der Waals surface area contributed by atoms with Gasteiger partial charge < -0.3 is 9.73 Å². The van der Waals surface area contributed by atoms with E-state index in [-0.39, 0.29) is 0 Å². The number of nitrogens with zero attached hydrogens (tertiary/aromatic N) is 1. The molecule has 1 aromatic heterocycles. The van der Waals surface area contributed by atoms with Gasteiger partial charge in [-0.05, 0) is 37.8 Å². The summed E-state index contributed by atoms with van der Waals surface area (Å²) in [7, 11) is 0. The molecule has 3 nitrogen and oxygen atoms in total. The van der Waals surface area contributed by atoms with Crippen molar-refractivity contribution in [3.05, 3.63) is 24.2 Å². The van der Waals surface area contributed by atoms with Crippen molar-refractivity contribution in [3.8, 4) is 0 Å². The van der Waals surface area contributed by atoms with Crippen LogP contribution in [0.2, 0.25) is 0 Å². The average Bonchev–Trinajstić information content (AvgIpc) is 2.97. The molecule has 0 amide bonds. The zero-order valence-electron chi connectivity index (χ0n) is 12.1. The average molecular weight is 280 g/mol. The summed E-state index contributed by atoms with van der Waals surface area (Å²) in [4.78, 5) is 4.76. The van der Waals surface area contributed by atoms with E-state index in [9.17, 15) is 0 Å². The Morgan fingerprint density at radius 3 is 3.00 bits per heavy atom. The van der Waals surface area contributed by atoms with E-state index in [1.54, 1.807) is 6.26 Å². The Kier molecular flexibility index (Phi) is 5.37. The molecule has 1 aliphatic heterocycles. The van der Waals surface area contributed by atoms with Gasteiger partial charge in [0.15, 0.2) is 5.17 Å². The Bertz CT molecular complexity index is 400. The molecule has 0 spiro atoms. The van der Waals surface area contributed by atoms with Gasteiger partial charge in [-0.2, -0.15) is 0 Å². The number of aryl methyl sites for hydroxylation is 1. The highest BCUT2D eigenvalue weighted by atomic mass is 32.2. The van der Waals surface area contributed by atoms with Gasteiger partial charge in [-0.3, -0.25) is 4.99 Å². The van der Waals surface area contributed by atoms with E-state index in [4.69, 9.17) is 9.41 Å². The molecule has 4 heteroatoms. The van der Waals surface area contributed by atoms with E-state index in [0.717, 1.165) is 35.4 Å². The van der Waals surface area contributed by atoms with Crippen molar-refractivity contribution in [3.63, 3.8) is 0 Å². The van der Waals surface area contributed by atoms with Gasteiger partial charge in [0.25, 0.3) is 0 Å². The molecule has 0 bridgehead atoms. The Balaban J connectivity index is 1.72. The molecule has 1 aliphatic rings. The lowest BCUT2D eigenvalue weighted by Crippen LogP contribution is -2.30. The van der Waals surface area contributed by atoms with E-state index in [2.05, 4.69) is 26.1 Å². The molecule has 19 heavy (non-hydrogen) atoms. The van der Waals surface area contributed by atoms with Crippen molar-refractivity contribution in [1.82, 2.24) is 5.32 Å². The fourth-order valence-electron chi connectivity index (χ4n) is 2.26. The fraction of sp³-hybridized carbons (Fsp3) is 0.667. The fourth-order valence-corrected chi connectivity index (χ4v) is 3.32. The Morgan fingerprint density at radius 2 is 2.32 bits per heavy atom. The van der Waals surface area contributed by atoms with Gasteiger partial charge in [-0.25, -0.2) is 0 Å². The highest BCUT2D eigenvalue weighted by Crippen LogP contribution is 2.22. The first kappa shape index (κ1) is 14.5. The van der Waals surface area contributed by atoms with Gasteiger partial charge in [0.1, 0.15) is 5.76 Å². The summed E-state index contributed by atoms with van der Waals surface area (Å²) < 4.78 is 5.35. The molecular weight excluding hydrogens is 256 g/mol. The summed E-state index contributed by atoms with van der Waals surface area (Å²) in [6, 6.07) is 4.92. The van der Waals surface area contributed by atoms with Crippen LogP contribution < -0.4 is 5.32 Å². The summed E-state index contributed by atoms with van der Waals surface area (Å²) in [6.07, 6.45) is 4.98. The Morgan fingerprint density at radius 1 is 1.47 bits per heavy atom. The predicted octanol–water partition coefficient (Wildman–Crippen LogP) is 3.71. The third-order valence-corrected chi connectivity index (χ3v) is 4.28. The van der Waals surface area contributed by atoms with Gasteiger partial charge >= 0.3 is 0 Å². The first-order valence-electron chi connectivity index (χ1n) is 7.13. The molecule has 0 saturated heterocycles. The van der Waals surface area contributed by atoms with Crippen LogP contribution in [0.5, 0.6) is 0 Å². The van der Waals surface area contributed by atoms with Crippen LogP contribution >= 0.6 is 11.8 Å². The monoisotopic (exact) mass is 280 g/mol. The van der Waals surface area contributed by atoms with E-state index in [1.807, 2.05) is 23.9 Å². The predicted molar refractivity (Wildman–Crippen MR) is 82.8 cm³/mol. The Labute approximate surface area is 120 Å². The molecule has 2 unspecified atom stereocenters. The molecule has 106 valence electrons. The van der Waals surface area contributed by atoms with Crippen molar-refractivity contribution in [2.24, 2.45) is 10.9 Å². The summed E-state index contributed by atoms with van der Waals surface area (Å²) >= 11 is 1.86. The van der Waals surface area contributed by atoms with Gasteiger partial charge in [0.2, 0.25) is 0 Å². The highest BCUT2D eigenvalue weighted by Gasteiger charge is 2.20. The van der Waals surface area contributed by atoms with Crippen LogP contribution in [0.15, 0.2) is 27.8 Å². The molecule has 0 saturated carbocycles. The second kappa shape index (κ2) is 7.04. The van der Waals surface area contributed by atoms with E-state index in [0.29, 0.717) is 12.1 Å². The summed E-state index contributed by atoms with van der Waals surface area (Å²) in [6.45, 7) is 6.73. The van der Waals surface area contributed by atoms with E-state index < -0.39 is 0 Å². The number of rotatable bonds is 6. The topological polar surface area (TPSA) is 37.5 Å². The second-order valence-electron chi connectivity index (χ2n) is 5.69. The SMILES string of the molecule is CC(C)CC1CSC(NC(C)CCc2ccco2)=N1. The van der Waals surface area contributed by atoms with Gasteiger partial charge in [0.05, 0.1) is 12.3 Å². The maximum Gasteiger partial charge on any atom is 0.157 e. The molecule has 0 aliphatic carbocycles. The molecule has 1 aromatic rings. The van der Waals surface area contributed by atoms with Crippen LogP contribution in [0, 0.1) is 5.92 Å². The normalized spacial score (nSPS) is 20.6. The summed E-state index contributed by atoms with van der Waals surface area (Å²) in [5, 5.41) is 4.64. The zero-order chi connectivity index (χ0) is 13.7. The maximum absolute atomic E-state index is 5.35. The molecule has 1 N–H and O–H groups in total. The van der Waals surface area contributed by atoms with E-state index in [1.165, 1.54) is 6.42 Å². The zero-order valence-corrected chi connectivity index (χ0v) is 12.9. The number of amidine groups is 1. The number of nitrogens with one attached hydrogen (secondary N) is 1. The van der Waals surface area contributed by atoms with Crippen molar-refractivity contribution < 1.29 is 4.42 Å². The number of aliphatic imine (C=N–C) groups is 1. The van der Waals surface area contributed by atoms with Crippen LogP contribution in [0.25, 0.3) is 0 Å². The number of thioether (sulfide) groups is 1. The molecular formula is C15H24N2OS. The molecule has 0 aromatic carbocycles. The minimum Gasteiger partial charge on any atom is -0.469 e. The largest absolute Gasteiger partial charge is 0.469 e. The van der Waals surface area contributed by atoms with Crippen LogP contribution in [0.3, 0.4) is 0 Å². The Hall–Kier alpha value is -0.900. The molecule has 0 radical (unpaired) electrons. The van der Waals surface area contributed by atoms with Gasteiger partial charge in [-0.15, -0.1) is 0 Å². The summed E-state index contributed by atoms with van der Waals surface area (Å²) in [5.74, 6) is 2.92. The van der Waals surface area contributed by atoms with Gasteiger partial charge in [0, 0.05) is 18.2 Å². The van der Waals surface area contributed by atoms with Crippen molar-refractivity contribution in [1.29, 1.82) is 0 Å². The number of hydrogen-bond acceptors (Lipinski definition) is 4. The lowest BCUT2D eigenvalue weighted by atomic mass is 10.1. The highest BCUT2D eigenvalue weighted by molar-refractivity contribution is 8.14. The van der Waals surface area contributed by atoms with Crippen LogP contribution in [-0.2, 0) is 6.42 Å². The molecule has 2 rings (SSSR count). The van der Waals surface area contributed by atoms with Crippen molar-refractivity contribution >= 4 is 16.9 Å². The molecule has 2 atom stereocenters. The number of hydrogen-bond donors (Lipinski definition) is 1. The minimum atomic E-state index is 0.439. The van der Waals surface area contributed by atoms with Gasteiger partial charge in [-0.1, -0.05) is 25.6 Å². The first-order chi connectivity index (χ1) is 9.13. The smallest absolute Gasteiger partial charge is 0.157 e. The molecule has 0 fully saturated rings. The number of furan rings is 1. The first-order valence-corrected chi connectivity index (χ1v) is 8.11. The third-order valence-electron chi connectivity index (χ3n) is 3.23.